The molecule has 1 amide bonds. The van der Waals surface area contributed by atoms with Crippen LogP contribution in [0, 0.1) is 13.8 Å². The fraction of sp³-hybridized carbons (Fsp3) is 0.148. The SMILES string of the molecule is COc1cc(C=NNC(=O)c2ccc(CSc3nc(C)cc(C)n3)cc2)ccc1OC(=O)c1ccco1. The van der Waals surface area contributed by atoms with Gasteiger partial charge in [0, 0.05) is 22.7 Å². The Labute approximate surface area is 217 Å². The number of aryl methyl sites for hydroxylation is 2. The van der Waals surface area contributed by atoms with Crippen molar-refractivity contribution in [1.82, 2.24) is 15.4 Å². The largest absolute Gasteiger partial charge is 0.493 e. The number of furan rings is 1. The zero-order valence-electron chi connectivity index (χ0n) is 20.4. The molecule has 0 saturated heterocycles. The lowest BCUT2D eigenvalue weighted by molar-refractivity contribution is 0.0696. The standard InChI is InChI=1S/C27H24N4O5S/c1-17-13-18(2)30-27(29-17)37-16-19-6-9-21(10-7-19)25(32)31-28-15-20-8-11-22(24(14-20)34-3)36-26(33)23-5-4-12-35-23/h4-15H,16H2,1-3H3,(H,31,32). The highest BCUT2D eigenvalue weighted by Gasteiger charge is 2.15. The highest BCUT2D eigenvalue weighted by atomic mass is 32.2. The molecule has 2 aromatic heterocycles. The molecule has 0 fully saturated rings. The van der Waals surface area contributed by atoms with Gasteiger partial charge < -0.3 is 13.9 Å². The minimum Gasteiger partial charge on any atom is -0.493 e. The van der Waals surface area contributed by atoms with Gasteiger partial charge in [-0.25, -0.2) is 20.2 Å². The number of nitrogens with one attached hydrogen (secondary N) is 1. The summed E-state index contributed by atoms with van der Waals surface area (Å²) in [5.74, 6) is 0.349. The van der Waals surface area contributed by atoms with Crippen LogP contribution >= 0.6 is 11.8 Å². The van der Waals surface area contributed by atoms with Crippen LogP contribution in [0.4, 0.5) is 0 Å². The van der Waals surface area contributed by atoms with Gasteiger partial charge in [0.05, 0.1) is 19.6 Å². The van der Waals surface area contributed by atoms with E-state index in [9.17, 15) is 9.59 Å². The molecule has 0 radical (unpaired) electrons. The first-order chi connectivity index (χ1) is 17.9. The number of hydrogen-bond donors (Lipinski definition) is 1. The molecule has 0 bridgehead atoms. The molecule has 0 atom stereocenters. The van der Waals surface area contributed by atoms with Crippen molar-refractivity contribution < 1.29 is 23.5 Å². The van der Waals surface area contributed by atoms with E-state index in [1.807, 2.05) is 32.0 Å². The first kappa shape index (κ1) is 25.6. The molecule has 0 spiro atoms. The molecular weight excluding hydrogens is 492 g/mol. The van der Waals surface area contributed by atoms with E-state index in [0.29, 0.717) is 22.6 Å². The van der Waals surface area contributed by atoms with Gasteiger partial charge in [0.2, 0.25) is 5.76 Å². The molecule has 4 aromatic rings. The Balaban J connectivity index is 1.31. The van der Waals surface area contributed by atoms with Crippen LogP contribution < -0.4 is 14.9 Å². The molecule has 1 N–H and O–H groups in total. The van der Waals surface area contributed by atoms with Crippen LogP contribution in [0.2, 0.25) is 0 Å². The van der Waals surface area contributed by atoms with Crippen LogP contribution in [-0.2, 0) is 5.75 Å². The summed E-state index contributed by atoms with van der Waals surface area (Å²) in [5, 5.41) is 4.75. The van der Waals surface area contributed by atoms with Gasteiger partial charge in [0.15, 0.2) is 16.7 Å². The number of rotatable bonds is 9. The molecule has 37 heavy (non-hydrogen) atoms. The van der Waals surface area contributed by atoms with Crippen LogP contribution in [0.15, 0.2) is 81.6 Å². The Morgan fingerprint density at radius 2 is 1.78 bits per heavy atom. The average molecular weight is 517 g/mol. The van der Waals surface area contributed by atoms with E-state index in [0.717, 1.165) is 22.1 Å². The number of esters is 1. The number of hydrazone groups is 1. The molecule has 0 aliphatic rings. The van der Waals surface area contributed by atoms with E-state index in [2.05, 4.69) is 20.5 Å². The van der Waals surface area contributed by atoms with Crippen LogP contribution in [0.1, 0.15) is 43.4 Å². The monoisotopic (exact) mass is 516 g/mol. The Kier molecular flexibility index (Phi) is 8.32. The Hall–Kier alpha value is -4.44. The fourth-order valence-corrected chi connectivity index (χ4v) is 4.19. The van der Waals surface area contributed by atoms with Gasteiger partial charge in [0.25, 0.3) is 5.91 Å². The second kappa shape index (κ2) is 12.0. The molecule has 4 rings (SSSR count). The zero-order chi connectivity index (χ0) is 26.2. The number of benzene rings is 2. The van der Waals surface area contributed by atoms with Crippen LogP contribution in [0.25, 0.3) is 0 Å². The normalized spacial score (nSPS) is 10.9. The molecule has 2 heterocycles. The predicted octanol–water partition coefficient (Wildman–Crippen LogP) is 4.97. The summed E-state index contributed by atoms with van der Waals surface area (Å²) in [7, 11) is 1.46. The summed E-state index contributed by atoms with van der Waals surface area (Å²) in [5.41, 5.74) is 6.54. The third-order valence-corrected chi connectivity index (χ3v) is 5.96. The third-order valence-electron chi connectivity index (χ3n) is 5.04. The molecule has 0 unspecified atom stereocenters. The second-order valence-electron chi connectivity index (χ2n) is 7.90. The minimum atomic E-state index is -0.639. The van der Waals surface area contributed by atoms with Crippen LogP contribution in [-0.4, -0.2) is 35.2 Å². The first-order valence-corrected chi connectivity index (χ1v) is 12.2. The van der Waals surface area contributed by atoms with Crippen molar-refractivity contribution in [1.29, 1.82) is 0 Å². The quantitative estimate of drug-likeness (QED) is 0.0828. The van der Waals surface area contributed by atoms with E-state index < -0.39 is 5.97 Å². The Bertz CT molecular complexity index is 1400. The molecular formula is C27H24N4O5S. The maximum atomic E-state index is 12.5. The lowest BCUT2D eigenvalue weighted by Gasteiger charge is -2.09. The third kappa shape index (κ3) is 7.05. The van der Waals surface area contributed by atoms with Gasteiger partial charge >= 0.3 is 5.97 Å². The molecule has 0 saturated carbocycles. The summed E-state index contributed by atoms with van der Waals surface area (Å²) < 4.78 is 15.7. The highest BCUT2D eigenvalue weighted by molar-refractivity contribution is 7.98. The van der Waals surface area contributed by atoms with Crippen molar-refractivity contribution in [3.63, 3.8) is 0 Å². The topological polar surface area (TPSA) is 116 Å². The minimum absolute atomic E-state index is 0.0811. The number of nitrogens with zero attached hydrogens (tertiary/aromatic N) is 3. The molecule has 2 aromatic carbocycles. The summed E-state index contributed by atoms with van der Waals surface area (Å²) >= 11 is 1.55. The maximum absolute atomic E-state index is 12.5. The number of ether oxygens (including phenoxy) is 2. The fourth-order valence-electron chi connectivity index (χ4n) is 3.28. The molecule has 188 valence electrons. The van der Waals surface area contributed by atoms with Crippen molar-refractivity contribution in [3.8, 4) is 11.5 Å². The maximum Gasteiger partial charge on any atom is 0.379 e. The Morgan fingerprint density at radius 3 is 2.46 bits per heavy atom. The van der Waals surface area contributed by atoms with Gasteiger partial charge in [-0.15, -0.1) is 0 Å². The first-order valence-electron chi connectivity index (χ1n) is 11.2. The smallest absolute Gasteiger partial charge is 0.379 e. The van der Waals surface area contributed by atoms with Crippen molar-refractivity contribution in [3.05, 3.63) is 101 Å². The molecule has 10 heteroatoms. The molecule has 9 nitrogen and oxygen atoms in total. The number of carbonyl (C=O) groups excluding carboxylic acids is 2. The predicted molar refractivity (Wildman–Crippen MR) is 139 cm³/mol. The average Bonchev–Trinajstić information content (AvgIpc) is 3.43. The number of aromatic nitrogens is 2. The summed E-state index contributed by atoms with van der Waals surface area (Å²) in [6, 6.07) is 17.2. The lowest BCUT2D eigenvalue weighted by atomic mass is 10.1. The summed E-state index contributed by atoms with van der Waals surface area (Å²) in [6.45, 7) is 3.89. The Morgan fingerprint density at radius 1 is 1.03 bits per heavy atom. The number of hydrogen-bond acceptors (Lipinski definition) is 9. The molecule has 0 aliphatic heterocycles. The van der Waals surface area contributed by atoms with Gasteiger partial charge in [-0.2, -0.15) is 5.10 Å². The van der Waals surface area contributed by atoms with E-state index in [1.54, 1.807) is 48.2 Å². The second-order valence-corrected chi connectivity index (χ2v) is 8.84. The van der Waals surface area contributed by atoms with Crippen molar-refractivity contribution in [2.75, 3.05) is 7.11 Å². The molecule has 0 aliphatic carbocycles. The van der Waals surface area contributed by atoms with Crippen molar-refractivity contribution in [2.45, 2.75) is 24.8 Å². The number of thioether (sulfide) groups is 1. The van der Waals surface area contributed by atoms with Gasteiger partial charge in [-0.05, 0) is 73.5 Å². The van der Waals surface area contributed by atoms with Crippen molar-refractivity contribution >= 4 is 29.9 Å². The highest BCUT2D eigenvalue weighted by Crippen LogP contribution is 2.28. The summed E-state index contributed by atoms with van der Waals surface area (Å²) in [4.78, 5) is 33.4. The lowest BCUT2D eigenvalue weighted by Crippen LogP contribution is -2.17. The van der Waals surface area contributed by atoms with Crippen molar-refractivity contribution in [2.24, 2.45) is 5.10 Å². The van der Waals surface area contributed by atoms with Gasteiger partial charge in [0.1, 0.15) is 0 Å². The van der Waals surface area contributed by atoms with Gasteiger partial charge in [-0.1, -0.05) is 23.9 Å². The van der Waals surface area contributed by atoms with E-state index >= 15 is 0 Å². The number of methoxy groups -OCH3 is 1. The zero-order valence-corrected chi connectivity index (χ0v) is 21.2. The van der Waals surface area contributed by atoms with Crippen LogP contribution in [0.5, 0.6) is 11.5 Å². The summed E-state index contributed by atoms with van der Waals surface area (Å²) in [6.07, 6.45) is 2.85. The van der Waals surface area contributed by atoms with Crippen LogP contribution in [0.3, 0.4) is 0 Å². The number of carbonyl (C=O) groups is 2. The van der Waals surface area contributed by atoms with E-state index in [1.165, 1.54) is 25.7 Å². The van der Waals surface area contributed by atoms with E-state index in [4.69, 9.17) is 13.9 Å². The van der Waals surface area contributed by atoms with Gasteiger partial charge in [-0.3, -0.25) is 4.79 Å². The van der Waals surface area contributed by atoms with E-state index in [-0.39, 0.29) is 17.4 Å². The number of amides is 1.